The molecular weight excluding hydrogens is 1190 g/mol. The standard InChI is InChI=1S/C58H80F4N6O19S/c1-2-14-68(15-4-13-64-58(72)86-46-5-3-6-46)57(71)44-36-42-8-7-41(37-47(42)67-48(63)38-44)43-9-10-45(65-39-43)40-66-49(69)11-16-76-18-20-78-22-24-80-26-28-82-30-32-84-34-35-85-33-31-83-29-27-81-25-23-79-21-19-77-17-12-50(70)87-55-51(59)53(61)56(88(73,74)75)54(62)52(55)60/h7-10,36-37,39,46H,2-6,11-35,38,40H2,1H3,(H2,63,67)(H,64,72)(H,66,69)(H,73,74,75). The number of hydrogen-bond acceptors (Lipinski definition) is 21. The summed E-state index contributed by atoms with van der Waals surface area (Å²) < 4.78 is 150. The van der Waals surface area contributed by atoms with Crippen molar-refractivity contribution in [2.75, 3.05) is 152 Å². The molecule has 0 radical (unpaired) electrons. The van der Waals surface area contributed by atoms with Crippen molar-refractivity contribution in [2.45, 2.75) is 75.8 Å². The number of nitrogens with two attached hydrogens (primary N) is 1. The number of aliphatic imine (C=N–C) groups is 1. The summed E-state index contributed by atoms with van der Waals surface area (Å²) >= 11 is 0. The number of amides is 3. The number of pyridine rings is 1. The van der Waals surface area contributed by atoms with Crippen LogP contribution in [0.2, 0.25) is 0 Å². The van der Waals surface area contributed by atoms with Gasteiger partial charge in [-0.05, 0) is 55.9 Å². The number of amidine groups is 1. The van der Waals surface area contributed by atoms with Gasteiger partial charge < -0.3 is 78.1 Å². The summed E-state index contributed by atoms with van der Waals surface area (Å²) in [7, 11) is -5.65. The maximum atomic E-state index is 14.0. The maximum Gasteiger partial charge on any atom is 0.407 e. The molecule has 0 saturated heterocycles. The normalized spacial score (nSPS) is 13.2. The number of benzene rings is 2. The van der Waals surface area contributed by atoms with E-state index in [0.717, 1.165) is 42.4 Å². The van der Waals surface area contributed by atoms with E-state index in [0.29, 0.717) is 141 Å². The Morgan fingerprint density at radius 3 is 1.62 bits per heavy atom. The Morgan fingerprint density at radius 2 is 1.16 bits per heavy atom. The number of carbonyl (C=O) groups excluding carboxylic acids is 4. The molecule has 5 N–H and O–H groups in total. The highest BCUT2D eigenvalue weighted by atomic mass is 32.2. The number of nitrogens with one attached hydrogen (secondary N) is 2. The summed E-state index contributed by atoms with van der Waals surface area (Å²) in [6.45, 7) is 9.41. The molecular formula is C58H80F4N6O19S. The summed E-state index contributed by atoms with van der Waals surface area (Å²) in [5.74, 6) is -12.6. The molecule has 0 atom stereocenters. The predicted octanol–water partition coefficient (Wildman–Crippen LogP) is 5.40. The van der Waals surface area contributed by atoms with E-state index in [1.54, 1.807) is 11.1 Å². The van der Waals surface area contributed by atoms with Gasteiger partial charge in [-0.15, -0.1) is 0 Å². The molecule has 2 aliphatic rings. The number of alkyl carbamates (subject to hydrolysis) is 1. The minimum absolute atomic E-state index is 0.0124. The highest BCUT2D eigenvalue weighted by Gasteiger charge is 2.34. The van der Waals surface area contributed by atoms with Crippen molar-refractivity contribution in [1.29, 1.82) is 0 Å². The van der Waals surface area contributed by atoms with Crippen LogP contribution in [0.25, 0.3) is 17.2 Å². The number of aromatic nitrogens is 1. The molecule has 0 spiro atoms. The van der Waals surface area contributed by atoms with Gasteiger partial charge in [-0.3, -0.25) is 23.9 Å². The van der Waals surface area contributed by atoms with Crippen LogP contribution >= 0.6 is 0 Å². The van der Waals surface area contributed by atoms with Gasteiger partial charge in [0, 0.05) is 55.4 Å². The first-order chi connectivity index (χ1) is 42.5. The van der Waals surface area contributed by atoms with Gasteiger partial charge in [0.1, 0.15) is 11.9 Å². The number of rotatable bonds is 46. The highest BCUT2D eigenvalue weighted by molar-refractivity contribution is 7.85. The van der Waals surface area contributed by atoms with Crippen LogP contribution in [0.3, 0.4) is 0 Å². The molecule has 3 amide bonds. The maximum absolute atomic E-state index is 14.0. The Hall–Kier alpha value is -6.29. The molecule has 2 aromatic carbocycles. The minimum Gasteiger partial charge on any atom is -0.446 e. The first-order valence-corrected chi connectivity index (χ1v) is 30.4. The average Bonchev–Trinajstić information content (AvgIpc) is 1.87. The van der Waals surface area contributed by atoms with Gasteiger partial charge in [0.05, 0.1) is 156 Å². The molecule has 2 heterocycles. The lowest BCUT2D eigenvalue weighted by Crippen LogP contribution is -2.37. The van der Waals surface area contributed by atoms with Gasteiger partial charge in [0.15, 0.2) is 16.5 Å². The van der Waals surface area contributed by atoms with Gasteiger partial charge in [0.2, 0.25) is 29.2 Å². The number of fused-ring (bicyclic) bond motifs is 1. The predicted molar refractivity (Wildman–Crippen MR) is 308 cm³/mol. The topological polar surface area (TPSA) is 312 Å². The van der Waals surface area contributed by atoms with E-state index in [2.05, 4.69) is 25.3 Å². The van der Waals surface area contributed by atoms with E-state index >= 15 is 0 Å². The average molecular weight is 1270 g/mol. The van der Waals surface area contributed by atoms with Crippen molar-refractivity contribution in [1.82, 2.24) is 20.5 Å². The fourth-order valence-electron chi connectivity index (χ4n) is 8.09. The van der Waals surface area contributed by atoms with Crippen LogP contribution in [0.5, 0.6) is 5.75 Å². The lowest BCUT2D eigenvalue weighted by atomic mass is 9.96. The number of hydrogen-bond donors (Lipinski definition) is 4. The van der Waals surface area contributed by atoms with E-state index in [-0.39, 0.29) is 76.9 Å². The van der Waals surface area contributed by atoms with Crippen molar-refractivity contribution < 1.29 is 107 Å². The van der Waals surface area contributed by atoms with Crippen LogP contribution in [-0.2, 0) is 83.2 Å². The molecule has 1 saturated carbocycles. The van der Waals surface area contributed by atoms with Crippen LogP contribution in [0.4, 0.5) is 28.0 Å². The Morgan fingerprint density at radius 1 is 0.659 bits per heavy atom. The second kappa shape index (κ2) is 41.1. The van der Waals surface area contributed by atoms with Crippen molar-refractivity contribution in [3.8, 4) is 16.9 Å². The fraction of sp³-hybridized carbons (Fsp3) is 0.586. The summed E-state index contributed by atoms with van der Waals surface area (Å²) in [6.07, 6.45) is 7.25. The molecule has 30 heteroatoms. The van der Waals surface area contributed by atoms with Gasteiger partial charge in [-0.1, -0.05) is 25.1 Å². The summed E-state index contributed by atoms with van der Waals surface area (Å²) in [4.78, 5) is 58.8. The van der Waals surface area contributed by atoms with Crippen LogP contribution in [0, 0.1) is 23.3 Å². The molecule has 0 bridgehead atoms. The van der Waals surface area contributed by atoms with E-state index < -0.39 is 62.5 Å². The van der Waals surface area contributed by atoms with E-state index in [1.807, 2.05) is 43.3 Å². The van der Waals surface area contributed by atoms with Gasteiger partial charge >= 0.3 is 22.2 Å². The Labute approximate surface area is 508 Å². The zero-order valence-electron chi connectivity index (χ0n) is 49.4. The number of ether oxygens (including phenoxy) is 12. The zero-order valence-corrected chi connectivity index (χ0v) is 50.2. The Bertz CT molecular complexity index is 2790. The molecule has 1 aliphatic carbocycles. The second-order valence-electron chi connectivity index (χ2n) is 19.6. The van der Waals surface area contributed by atoms with Gasteiger partial charge in [-0.25, -0.2) is 18.6 Å². The summed E-state index contributed by atoms with van der Waals surface area (Å²) in [5, 5.41) is 5.66. The third-order valence-corrected chi connectivity index (χ3v) is 13.7. The third kappa shape index (κ3) is 27.2. The molecule has 1 aliphatic heterocycles. The third-order valence-electron chi connectivity index (χ3n) is 12.8. The summed E-state index contributed by atoms with van der Waals surface area (Å²) in [6, 6.07) is 9.54. The first-order valence-electron chi connectivity index (χ1n) is 29.0. The highest BCUT2D eigenvalue weighted by Crippen LogP contribution is 2.34. The van der Waals surface area contributed by atoms with E-state index in [1.165, 1.54) is 0 Å². The largest absolute Gasteiger partial charge is 0.446 e. The van der Waals surface area contributed by atoms with Crippen LogP contribution in [0.15, 0.2) is 52.0 Å². The lowest BCUT2D eigenvalue weighted by Gasteiger charge is -2.25. The number of carbonyl (C=O) groups is 4. The van der Waals surface area contributed by atoms with Crippen LogP contribution < -0.4 is 21.1 Å². The van der Waals surface area contributed by atoms with E-state index in [9.17, 15) is 45.2 Å². The monoisotopic (exact) mass is 1270 g/mol. The van der Waals surface area contributed by atoms with Crippen LogP contribution in [0.1, 0.15) is 69.5 Å². The van der Waals surface area contributed by atoms with Crippen molar-refractivity contribution in [3.05, 3.63) is 76.6 Å². The zero-order chi connectivity index (χ0) is 63.4. The fourth-order valence-corrected chi connectivity index (χ4v) is 8.72. The number of esters is 1. The summed E-state index contributed by atoms with van der Waals surface area (Å²) in [5.41, 5.74) is 10.7. The first kappa shape index (κ1) is 72.5. The lowest BCUT2D eigenvalue weighted by molar-refractivity contribution is -0.136. The van der Waals surface area contributed by atoms with Gasteiger partial charge in [-0.2, -0.15) is 17.2 Å². The van der Waals surface area contributed by atoms with Gasteiger partial charge in [0.25, 0.3) is 0 Å². The van der Waals surface area contributed by atoms with Crippen LogP contribution in [-0.4, -0.2) is 210 Å². The van der Waals surface area contributed by atoms with Crippen molar-refractivity contribution >= 4 is 51.6 Å². The van der Waals surface area contributed by atoms with Crippen molar-refractivity contribution in [2.24, 2.45) is 10.7 Å². The molecule has 88 heavy (non-hydrogen) atoms. The molecule has 490 valence electrons. The molecule has 0 unspecified atom stereocenters. The molecule has 5 rings (SSSR count). The SMILES string of the molecule is CCCN(CCCNC(=O)OC1CCC1)C(=O)C1=Cc2ccc(-c3ccc(CNC(=O)CCOCCOCCOCCOCCOCCOCCOCCOCCOCCOCCC(=O)Oc4c(F)c(F)c(S(=O)(=O)O)c(F)c4F)nc3)cc2N=C(N)C1. The molecule has 3 aromatic rings. The molecule has 1 fully saturated rings. The van der Waals surface area contributed by atoms with E-state index in [4.69, 9.17) is 62.4 Å². The quantitative estimate of drug-likeness (QED) is 0.0137. The van der Waals surface area contributed by atoms with Crippen molar-refractivity contribution in [3.63, 3.8) is 0 Å². The Balaban J connectivity index is 0.755. The molecule has 1 aromatic heterocycles. The number of nitrogens with zero attached hydrogens (tertiary/aromatic N) is 3. The molecule has 25 nitrogen and oxygen atoms in total. The second-order valence-corrected chi connectivity index (χ2v) is 20.9. The Kier molecular flexibility index (Phi) is 33.8. The minimum atomic E-state index is -5.65. The smallest absolute Gasteiger partial charge is 0.407 e. The number of halogens is 4.